The average Bonchev–Trinajstić information content (AvgIpc) is 3.21. The Bertz CT molecular complexity index is 918. The number of piperidine rings is 1. The predicted molar refractivity (Wildman–Crippen MR) is 108 cm³/mol. The number of benzene rings is 1. The molecule has 1 aromatic carbocycles. The minimum Gasteiger partial charge on any atom is -0.497 e. The van der Waals surface area contributed by atoms with Gasteiger partial charge in [-0.15, -0.1) is 11.3 Å². The van der Waals surface area contributed by atoms with Crippen LogP contribution in [0, 0.1) is 5.92 Å². The van der Waals surface area contributed by atoms with Crippen molar-refractivity contribution >= 4 is 27.3 Å². The van der Waals surface area contributed by atoms with Crippen LogP contribution in [0.4, 0.5) is 0 Å². The summed E-state index contributed by atoms with van der Waals surface area (Å²) in [6, 6.07) is 7.64. The van der Waals surface area contributed by atoms with Crippen molar-refractivity contribution < 1.29 is 22.7 Å². The number of sulfonamides is 1. The third-order valence-electron chi connectivity index (χ3n) is 4.78. The van der Waals surface area contributed by atoms with Crippen molar-refractivity contribution in [2.45, 2.75) is 26.4 Å². The number of rotatable bonds is 7. The van der Waals surface area contributed by atoms with Crippen LogP contribution in [0.1, 0.15) is 25.5 Å². The van der Waals surface area contributed by atoms with E-state index >= 15 is 0 Å². The lowest BCUT2D eigenvalue weighted by atomic mass is 9.98. The maximum absolute atomic E-state index is 12.3. The largest absolute Gasteiger partial charge is 0.497 e. The molecule has 0 radical (unpaired) electrons. The first-order chi connectivity index (χ1) is 13.4. The van der Waals surface area contributed by atoms with Crippen molar-refractivity contribution in [2.75, 3.05) is 26.0 Å². The number of aromatic nitrogens is 1. The lowest BCUT2D eigenvalue weighted by molar-refractivity contribution is -0.151. The van der Waals surface area contributed by atoms with E-state index in [4.69, 9.17) is 9.47 Å². The predicted octanol–water partition coefficient (Wildman–Crippen LogP) is 2.92. The molecule has 0 aliphatic carbocycles. The number of nitrogens with zero attached hydrogens (tertiary/aromatic N) is 2. The zero-order chi connectivity index (χ0) is 20.1. The van der Waals surface area contributed by atoms with Crippen molar-refractivity contribution in [3.05, 3.63) is 35.3 Å². The Morgan fingerprint density at radius 2 is 2.07 bits per heavy atom. The first-order valence-corrected chi connectivity index (χ1v) is 11.6. The summed E-state index contributed by atoms with van der Waals surface area (Å²) in [5.74, 6) is 0.294. The molecule has 1 aliphatic rings. The second-order valence-electron chi connectivity index (χ2n) is 6.56. The lowest BCUT2D eigenvalue weighted by Gasteiger charge is -2.29. The first kappa shape index (κ1) is 20.8. The fraction of sp³-hybridized carbons (Fsp3) is 0.474. The Hall–Kier alpha value is -1.97. The Labute approximate surface area is 169 Å². The number of carbonyl (C=O) groups excluding carboxylic acids is 1. The summed E-state index contributed by atoms with van der Waals surface area (Å²) in [5.41, 5.74) is 1.65. The van der Waals surface area contributed by atoms with Crippen LogP contribution in [0.25, 0.3) is 10.6 Å². The third kappa shape index (κ3) is 4.89. The van der Waals surface area contributed by atoms with Gasteiger partial charge in [0.15, 0.2) is 0 Å². The van der Waals surface area contributed by atoms with Crippen molar-refractivity contribution in [3.8, 4) is 16.3 Å². The van der Waals surface area contributed by atoms with Gasteiger partial charge in [-0.05, 0) is 31.9 Å². The van der Waals surface area contributed by atoms with Crippen LogP contribution in [0.2, 0.25) is 0 Å². The number of methoxy groups -OCH3 is 1. The Balaban J connectivity index is 1.52. The molecular formula is C19H24N2O5S2. The minimum absolute atomic E-state index is 0.0849. The topological polar surface area (TPSA) is 85.8 Å². The van der Waals surface area contributed by atoms with E-state index in [9.17, 15) is 13.2 Å². The van der Waals surface area contributed by atoms with Gasteiger partial charge in [-0.2, -0.15) is 0 Å². The van der Waals surface area contributed by atoms with E-state index in [1.54, 1.807) is 14.0 Å². The van der Waals surface area contributed by atoms with E-state index in [-0.39, 0.29) is 24.2 Å². The molecule has 0 amide bonds. The molecule has 9 heteroatoms. The van der Waals surface area contributed by atoms with E-state index in [1.807, 2.05) is 29.6 Å². The van der Waals surface area contributed by atoms with Crippen molar-refractivity contribution in [1.29, 1.82) is 0 Å². The maximum atomic E-state index is 12.3. The van der Waals surface area contributed by atoms with E-state index in [2.05, 4.69) is 4.98 Å². The summed E-state index contributed by atoms with van der Waals surface area (Å²) in [5, 5.41) is 2.71. The lowest BCUT2D eigenvalue weighted by Crippen LogP contribution is -2.41. The number of ether oxygens (including phenoxy) is 2. The number of thiazole rings is 1. The van der Waals surface area contributed by atoms with Crippen LogP contribution in [-0.2, 0) is 26.2 Å². The molecule has 28 heavy (non-hydrogen) atoms. The van der Waals surface area contributed by atoms with Crippen LogP contribution in [0.3, 0.4) is 0 Å². The van der Waals surface area contributed by atoms with Gasteiger partial charge in [-0.1, -0.05) is 12.1 Å². The van der Waals surface area contributed by atoms with E-state index in [1.165, 1.54) is 15.6 Å². The SMILES string of the molecule is CCS(=O)(=O)N1CCC(C(=O)OCc2csc(-c3cccc(OC)c3)n2)CC1. The Morgan fingerprint density at radius 1 is 1.32 bits per heavy atom. The smallest absolute Gasteiger partial charge is 0.309 e. The monoisotopic (exact) mass is 424 g/mol. The standard InChI is InChI=1S/C19H24N2O5S2/c1-3-28(23,24)21-9-7-14(8-10-21)19(22)26-12-16-13-27-18(20-16)15-5-4-6-17(11-15)25-2/h4-6,11,13-14H,3,7-10,12H2,1-2H3. The van der Waals surface area contributed by atoms with Gasteiger partial charge in [0.1, 0.15) is 17.4 Å². The average molecular weight is 425 g/mol. The van der Waals surface area contributed by atoms with Gasteiger partial charge in [0.2, 0.25) is 10.0 Å². The molecule has 1 aliphatic heterocycles. The fourth-order valence-electron chi connectivity index (χ4n) is 3.08. The van der Waals surface area contributed by atoms with E-state index < -0.39 is 10.0 Å². The number of hydrogen-bond donors (Lipinski definition) is 0. The van der Waals surface area contributed by atoms with E-state index in [0.717, 1.165) is 16.3 Å². The molecule has 7 nitrogen and oxygen atoms in total. The Morgan fingerprint density at radius 3 is 2.75 bits per heavy atom. The molecule has 0 atom stereocenters. The van der Waals surface area contributed by atoms with Crippen LogP contribution in [-0.4, -0.2) is 49.6 Å². The van der Waals surface area contributed by atoms with Gasteiger partial charge < -0.3 is 9.47 Å². The first-order valence-electron chi connectivity index (χ1n) is 9.16. The van der Waals surface area contributed by atoms with Gasteiger partial charge in [-0.25, -0.2) is 17.7 Å². The fourth-order valence-corrected chi connectivity index (χ4v) is 5.01. The second-order valence-corrected chi connectivity index (χ2v) is 9.67. The highest BCUT2D eigenvalue weighted by Crippen LogP contribution is 2.27. The van der Waals surface area contributed by atoms with Crippen molar-refractivity contribution in [2.24, 2.45) is 5.92 Å². The molecular weight excluding hydrogens is 400 g/mol. The van der Waals surface area contributed by atoms with Gasteiger partial charge in [-0.3, -0.25) is 4.79 Å². The highest BCUT2D eigenvalue weighted by atomic mass is 32.2. The molecule has 3 rings (SSSR count). The summed E-state index contributed by atoms with van der Waals surface area (Å²) in [6.45, 7) is 2.48. The molecule has 2 heterocycles. The summed E-state index contributed by atoms with van der Waals surface area (Å²) in [7, 11) is -1.57. The normalized spacial score (nSPS) is 16.1. The van der Waals surface area contributed by atoms with Gasteiger partial charge in [0.25, 0.3) is 0 Å². The summed E-state index contributed by atoms with van der Waals surface area (Å²) in [6.07, 6.45) is 0.981. The van der Waals surface area contributed by atoms with E-state index in [0.29, 0.717) is 31.6 Å². The van der Waals surface area contributed by atoms with Crippen molar-refractivity contribution in [3.63, 3.8) is 0 Å². The van der Waals surface area contributed by atoms with Gasteiger partial charge in [0.05, 0.1) is 24.5 Å². The third-order valence-corrected chi connectivity index (χ3v) is 7.60. The molecule has 0 saturated carbocycles. The second kappa shape index (κ2) is 9.02. The van der Waals surface area contributed by atoms with Crippen LogP contribution in [0.5, 0.6) is 5.75 Å². The summed E-state index contributed by atoms with van der Waals surface area (Å²) in [4.78, 5) is 16.9. The zero-order valence-corrected chi connectivity index (χ0v) is 17.6. The molecule has 1 aromatic heterocycles. The van der Waals surface area contributed by atoms with Crippen molar-refractivity contribution in [1.82, 2.24) is 9.29 Å². The van der Waals surface area contributed by atoms with Crippen LogP contribution in [0.15, 0.2) is 29.6 Å². The summed E-state index contributed by atoms with van der Waals surface area (Å²) < 4.78 is 35.9. The molecule has 0 bridgehead atoms. The molecule has 0 unspecified atom stereocenters. The molecule has 2 aromatic rings. The Kier molecular flexibility index (Phi) is 6.69. The zero-order valence-electron chi connectivity index (χ0n) is 16.0. The minimum atomic E-state index is -3.19. The number of hydrogen-bond acceptors (Lipinski definition) is 7. The highest BCUT2D eigenvalue weighted by Gasteiger charge is 2.31. The summed E-state index contributed by atoms with van der Waals surface area (Å²) >= 11 is 1.48. The molecule has 1 fully saturated rings. The van der Waals surface area contributed by atoms with Crippen LogP contribution < -0.4 is 4.74 Å². The van der Waals surface area contributed by atoms with Gasteiger partial charge in [0, 0.05) is 24.0 Å². The molecule has 0 N–H and O–H groups in total. The number of carbonyl (C=O) groups is 1. The van der Waals surface area contributed by atoms with Gasteiger partial charge >= 0.3 is 5.97 Å². The highest BCUT2D eigenvalue weighted by molar-refractivity contribution is 7.89. The molecule has 152 valence electrons. The maximum Gasteiger partial charge on any atom is 0.309 e. The molecule has 1 saturated heterocycles. The quantitative estimate of drug-likeness (QED) is 0.635. The number of esters is 1. The van der Waals surface area contributed by atoms with Crippen LogP contribution >= 0.6 is 11.3 Å². The molecule has 0 spiro atoms.